The Bertz CT molecular complexity index is 1380. The molecule has 0 saturated carbocycles. The summed E-state index contributed by atoms with van der Waals surface area (Å²) >= 11 is 6.19. The van der Waals surface area contributed by atoms with Crippen molar-refractivity contribution in [2.24, 2.45) is 0 Å². The number of aromatic nitrogens is 6. The number of halogens is 1. The quantitative estimate of drug-likeness (QED) is 0.432. The molecule has 12 heteroatoms. The molecule has 3 N–H and O–H groups in total. The molecule has 5 rings (SSSR count). The monoisotopic (exact) mass is 495 g/mol. The molecule has 11 nitrogen and oxygen atoms in total. The van der Waals surface area contributed by atoms with Gasteiger partial charge in [0, 0.05) is 43.8 Å². The normalized spacial score (nSPS) is 15.5. The minimum Gasteiger partial charge on any atom is -0.495 e. The second kappa shape index (κ2) is 8.73. The fraction of sp³-hybridized carbons (Fsp3) is 0.348. The maximum Gasteiger partial charge on any atom is 0.244 e. The third-order valence-electron chi connectivity index (χ3n) is 6.27. The molecule has 182 valence electrons. The number of carbonyl (C=O) groups is 1. The van der Waals surface area contributed by atoms with E-state index < -0.39 is 5.54 Å². The van der Waals surface area contributed by atoms with Crippen LogP contribution >= 0.6 is 11.6 Å². The minimum atomic E-state index is -0.428. The number of hydrogen-bond acceptors (Lipinski definition) is 8. The van der Waals surface area contributed by atoms with Crippen molar-refractivity contribution in [2.45, 2.75) is 25.9 Å². The highest BCUT2D eigenvalue weighted by Crippen LogP contribution is 2.33. The smallest absolute Gasteiger partial charge is 0.244 e. The van der Waals surface area contributed by atoms with Crippen LogP contribution in [0.1, 0.15) is 13.8 Å². The van der Waals surface area contributed by atoms with Crippen molar-refractivity contribution in [3.05, 3.63) is 41.9 Å². The van der Waals surface area contributed by atoms with E-state index >= 15 is 0 Å². The molecule has 1 aromatic carbocycles. The average molecular weight is 496 g/mol. The van der Waals surface area contributed by atoms with Crippen molar-refractivity contribution in [1.29, 1.82) is 0 Å². The molecule has 4 aromatic rings. The number of amides is 1. The van der Waals surface area contributed by atoms with E-state index in [-0.39, 0.29) is 18.3 Å². The number of ether oxygens (including phenoxy) is 1. The van der Waals surface area contributed by atoms with Gasteiger partial charge in [0.1, 0.15) is 30.1 Å². The van der Waals surface area contributed by atoms with Gasteiger partial charge in [0.2, 0.25) is 5.91 Å². The molecular weight excluding hydrogens is 470 g/mol. The van der Waals surface area contributed by atoms with Gasteiger partial charge in [0.15, 0.2) is 11.5 Å². The van der Waals surface area contributed by atoms with Crippen LogP contribution in [0.3, 0.4) is 0 Å². The van der Waals surface area contributed by atoms with Crippen molar-refractivity contribution < 1.29 is 9.53 Å². The number of fused-ring (bicyclic) bond motifs is 1. The van der Waals surface area contributed by atoms with Gasteiger partial charge >= 0.3 is 0 Å². The summed E-state index contributed by atoms with van der Waals surface area (Å²) < 4.78 is 6.94. The highest BCUT2D eigenvalue weighted by molar-refractivity contribution is 6.32. The molecule has 3 aromatic heterocycles. The number of nitrogens with zero attached hydrogens (tertiary/aromatic N) is 7. The summed E-state index contributed by atoms with van der Waals surface area (Å²) in [7, 11) is 1.60. The number of aromatic amines is 1. The van der Waals surface area contributed by atoms with Crippen LogP contribution in [0, 0.1) is 0 Å². The molecule has 4 heterocycles. The zero-order valence-corrected chi connectivity index (χ0v) is 20.5. The number of benzene rings is 1. The zero-order valence-electron chi connectivity index (χ0n) is 19.7. The predicted molar refractivity (Wildman–Crippen MR) is 133 cm³/mol. The van der Waals surface area contributed by atoms with Crippen LogP contribution in [0.2, 0.25) is 5.02 Å². The number of nitrogens with two attached hydrogens (primary N) is 1. The number of hydrogen-bond donors (Lipinski definition) is 2. The van der Waals surface area contributed by atoms with E-state index in [4.69, 9.17) is 22.1 Å². The molecule has 0 bridgehead atoms. The molecule has 1 saturated heterocycles. The lowest BCUT2D eigenvalue weighted by molar-refractivity contribution is -0.137. The van der Waals surface area contributed by atoms with Crippen LogP contribution in [-0.2, 0) is 11.3 Å². The van der Waals surface area contributed by atoms with Gasteiger partial charge in [-0.05, 0) is 26.0 Å². The van der Waals surface area contributed by atoms with Gasteiger partial charge in [-0.1, -0.05) is 11.6 Å². The van der Waals surface area contributed by atoms with Crippen molar-refractivity contribution in [3.63, 3.8) is 0 Å². The maximum absolute atomic E-state index is 13.5. The lowest BCUT2D eigenvalue weighted by Gasteiger charge is -2.48. The molecule has 1 fully saturated rings. The van der Waals surface area contributed by atoms with Gasteiger partial charge in [-0.3, -0.25) is 4.79 Å². The van der Waals surface area contributed by atoms with Crippen LogP contribution < -0.4 is 15.4 Å². The van der Waals surface area contributed by atoms with Gasteiger partial charge in [-0.2, -0.15) is 5.10 Å². The van der Waals surface area contributed by atoms with E-state index in [1.54, 1.807) is 24.2 Å². The molecular formula is C23H26ClN9O2. The van der Waals surface area contributed by atoms with Crippen molar-refractivity contribution in [3.8, 4) is 17.3 Å². The Kier molecular flexibility index (Phi) is 5.72. The number of nitrogen functional groups attached to an aromatic ring is 1. The first-order valence-electron chi connectivity index (χ1n) is 11.1. The molecule has 0 atom stereocenters. The number of imidazole rings is 1. The number of anilines is 2. The Labute approximate surface area is 206 Å². The second-order valence-electron chi connectivity index (χ2n) is 9.00. The Morgan fingerprint density at radius 2 is 2.09 bits per heavy atom. The molecule has 1 amide bonds. The average Bonchev–Trinajstić information content (AvgIpc) is 3.48. The van der Waals surface area contributed by atoms with Gasteiger partial charge in [0.05, 0.1) is 23.1 Å². The third kappa shape index (κ3) is 4.12. The molecule has 0 unspecified atom stereocenters. The number of carbonyl (C=O) groups excluding carboxylic acids is 1. The second-order valence-corrected chi connectivity index (χ2v) is 9.41. The van der Waals surface area contributed by atoms with Crippen molar-refractivity contribution >= 4 is 40.0 Å². The molecule has 0 aliphatic carbocycles. The minimum absolute atomic E-state index is 0.0197. The van der Waals surface area contributed by atoms with E-state index in [0.717, 1.165) is 5.69 Å². The van der Waals surface area contributed by atoms with Crippen LogP contribution in [0.5, 0.6) is 5.75 Å². The maximum atomic E-state index is 13.5. The van der Waals surface area contributed by atoms with Crippen molar-refractivity contribution in [1.82, 2.24) is 34.6 Å². The summed E-state index contributed by atoms with van der Waals surface area (Å²) in [5, 5.41) is 5.75. The van der Waals surface area contributed by atoms with E-state index in [0.29, 0.717) is 53.0 Å². The zero-order chi connectivity index (χ0) is 24.7. The van der Waals surface area contributed by atoms with Crippen LogP contribution in [-0.4, -0.2) is 72.8 Å². The Hall–Kier alpha value is -3.86. The highest BCUT2D eigenvalue weighted by atomic mass is 35.5. The predicted octanol–water partition coefficient (Wildman–Crippen LogP) is 2.59. The highest BCUT2D eigenvalue weighted by Gasteiger charge is 2.37. The first-order chi connectivity index (χ1) is 16.8. The van der Waals surface area contributed by atoms with Crippen LogP contribution in [0.15, 0.2) is 36.9 Å². The summed E-state index contributed by atoms with van der Waals surface area (Å²) in [5.74, 6) is 1.39. The molecule has 0 spiro atoms. The topological polar surface area (TPSA) is 131 Å². The van der Waals surface area contributed by atoms with E-state index in [9.17, 15) is 4.79 Å². The Morgan fingerprint density at radius 3 is 2.80 bits per heavy atom. The molecule has 0 radical (unpaired) electrons. The first kappa shape index (κ1) is 22.9. The van der Waals surface area contributed by atoms with Gasteiger partial charge < -0.3 is 25.3 Å². The summed E-state index contributed by atoms with van der Waals surface area (Å²) in [6.45, 7) is 6.01. The van der Waals surface area contributed by atoms with E-state index in [2.05, 4.69) is 43.8 Å². The van der Waals surface area contributed by atoms with Crippen LogP contribution in [0.25, 0.3) is 22.6 Å². The number of methoxy groups -OCH3 is 1. The van der Waals surface area contributed by atoms with Gasteiger partial charge in [-0.15, -0.1) is 0 Å². The van der Waals surface area contributed by atoms with Gasteiger partial charge in [0.25, 0.3) is 0 Å². The van der Waals surface area contributed by atoms with E-state index in [1.807, 2.05) is 23.1 Å². The summed E-state index contributed by atoms with van der Waals surface area (Å²) in [5.41, 5.74) is 7.70. The number of rotatable bonds is 5. The number of H-pyrrole nitrogens is 1. The summed E-state index contributed by atoms with van der Waals surface area (Å²) in [6, 6.07) is 5.72. The van der Waals surface area contributed by atoms with Gasteiger partial charge in [-0.25, -0.2) is 19.6 Å². The Morgan fingerprint density at radius 1 is 1.26 bits per heavy atom. The first-order valence-corrected chi connectivity index (χ1v) is 11.5. The molecule has 1 aliphatic heterocycles. The number of piperazine rings is 1. The SMILES string of the molecule is COc1cc(N2CCN(C(=O)Cn3nc(-c4ncc[nH]4)c4c(N)ncnc43)C(C)(C)C2)ccc1Cl. The third-order valence-corrected chi connectivity index (χ3v) is 6.58. The molecule has 1 aliphatic rings. The standard InChI is InChI=1S/C23H26ClN9O2/c1-23(2)12-31(14-4-5-15(24)16(10-14)35-3)8-9-32(23)17(34)11-33-22-18(20(25)28-13-29-22)19(30-33)21-26-6-7-27-21/h4-7,10,13H,8-9,11-12H2,1-3H3,(H,26,27)(H2,25,28,29). The lowest BCUT2D eigenvalue weighted by Crippen LogP contribution is -2.61. The summed E-state index contributed by atoms with van der Waals surface area (Å²) in [4.78, 5) is 33.4. The fourth-order valence-electron chi connectivity index (χ4n) is 4.60. The van der Waals surface area contributed by atoms with E-state index in [1.165, 1.54) is 6.33 Å². The van der Waals surface area contributed by atoms with Crippen molar-refractivity contribution in [2.75, 3.05) is 37.4 Å². The van der Waals surface area contributed by atoms with Crippen LogP contribution in [0.4, 0.5) is 11.5 Å². The molecule has 35 heavy (non-hydrogen) atoms. The lowest BCUT2D eigenvalue weighted by atomic mass is 9.98. The summed E-state index contributed by atoms with van der Waals surface area (Å²) in [6.07, 6.45) is 4.70. The number of nitrogens with one attached hydrogen (secondary N) is 1. The largest absolute Gasteiger partial charge is 0.495 e. The fourth-order valence-corrected chi connectivity index (χ4v) is 4.79. The Balaban J connectivity index is 1.39.